The average Bonchev–Trinajstić information content (AvgIpc) is 2.27. The van der Waals surface area contributed by atoms with Crippen LogP contribution < -0.4 is 5.73 Å². The minimum atomic E-state index is -0.219. The minimum Gasteiger partial charge on any atom is -0.327 e. The maximum Gasteiger partial charge on any atom is 0.123 e. The molecule has 0 bridgehead atoms. The molecule has 2 rings (SSSR count). The highest BCUT2D eigenvalue weighted by atomic mass is 35.5. The molecule has 1 aliphatic carbocycles. The van der Waals surface area contributed by atoms with Gasteiger partial charge in [0.2, 0.25) is 0 Å². The Kier molecular flexibility index (Phi) is 3.82. The fourth-order valence-corrected chi connectivity index (χ4v) is 2.67. The van der Waals surface area contributed by atoms with Crippen molar-refractivity contribution in [1.82, 2.24) is 0 Å². The molecular weight excluding hydrogens is 225 g/mol. The summed E-state index contributed by atoms with van der Waals surface area (Å²) in [5.74, 6) is 0.233. The molecule has 1 aromatic carbocycles. The lowest BCUT2D eigenvalue weighted by molar-refractivity contribution is 0.306. The summed E-state index contributed by atoms with van der Waals surface area (Å²) in [6, 6.07) is 4.80. The number of hydrogen-bond donors (Lipinski definition) is 1. The van der Waals surface area contributed by atoms with E-state index >= 15 is 0 Å². The van der Waals surface area contributed by atoms with Gasteiger partial charge < -0.3 is 5.73 Å². The van der Waals surface area contributed by atoms with Crippen LogP contribution in [0, 0.1) is 11.7 Å². The second-order valence-electron chi connectivity index (χ2n) is 4.65. The van der Waals surface area contributed by atoms with E-state index in [0.29, 0.717) is 10.9 Å². The number of hydrogen-bond acceptors (Lipinski definition) is 1. The Labute approximate surface area is 101 Å². The summed E-state index contributed by atoms with van der Waals surface area (Å²) in [6.07, 6.45) is 5.46. The highest BCUT2D eigenvalue weighted by molar-refractivity contribution is 6.31. The average molecular weight is 242 g/mol. The van der Waals surface area contributed by atoms with Crippen LogP contribution in [-0.2, 0) is 6.42 Å². The highest BCUT2D eigenvalue weighted by Gasteiger charge is 2.22. The van der Waals surface area contributed by atoms with E-state index in [2.05, 4.69) is 0 Å². The van der Waals surface area contributed by atoms with E-state index in [4.69, 9.17) is 17.3 Å². The van der Waals surface area contributed by atoms with Crippen molar-refractivity contribution in [1.29, 1.82) is 0 Å². The first-order valence-electron chi connectivity index (χ1n) is 5.86. The van der Waals surface area contributed by atoms with Gasteiger partial charge in [-0.05, 0) is 48.9 Å². The maximum atomic E-state index is 13.1. The molecule has 1 aromatic rings. The molecule has 3 heteroatoms. The van der Waals surface area contributed by atoms with Crippen molar-refractivity contribution in [2.45, 2.75) is 38.1 Å². The van der Waals surface area contributed by atoms with Crippen LogP contribution in [-0.4, -0.2) is 6.04 Å². The molecule has 88 valence electrons. The number of rotatable bonds is 2. The first-order valence-corrected chi connectivity index (χ1v) is 6.24. The lowest BCUT2D eigenvalue weighted by atomic mass is 9.81. The van der Waals surface area contributed by atoms with Gasteiger partial charge in [0.15, 0.2) is 0 Å². The third kappa shape index (κ3) is 2.74. The zero-order chi connectivity index (χ0) is 11.5. The molecule has 0 radical (unpaired) electrons. The van der Waals surface area contributed by atoms with E-state index in [9.17, 15) is 4.39 Å². The standard InChI is InChI=1S/C13H17ClFN/c14-12-6-5-11(15)8-10(12)7-9-3-1-2-4-13(9)16/h5-6,8-9,13H,1-4,7,16H2. The van der Waals surface area contributed by atoms with Crippen LogP contribution in [0.3, 0.4) is 0 Å². The molecule has 1 saturated carbocycles. The third-order valence-electron chi connectivity index (χ3n) is 3.46. The number of halogens is 2. The van der Waals surface area contributed by atoms with Gasteiger partial charge in [0.05, 0.1) is 0 Å². The molecule has 0 spiro atoms. The Morgan fingerprint density at radius 3 is 2.81 bits per heavy atom. The van der Waals surface area contributed by atoms with Gasteiger partial charge >= 0.3 is 0 Å². The molecule has 1 fully saturated rings. The van der Waals surface area contributed by atoms with Crippen LogP contribution in [0.5, 0.6) is 0 Å². The fraction of sp³-hybridized carbons (Fsp3) is 0.538. The predicted molar refractivity (Wildman–Crippen MR) is 65.0 cm³/mol. The van der Waals surface area contributed by atoms with E-state index < -0.39 is 0 Å². The Morgan fingerprint density at radius 1 is 1.31 bits per heavy atom. The fourth-order valence-electron chi connectivity index (χ4n) is 2.47. The first-order chi connectivity index (χ1) is 7.66. The van der Waals surface area contributed by atoms with Gasteiger partial charge in [-0.2, -0.15) is 0 Å². The van der Waals surface area contributed by atoms with Gasteiger partial charge in [0, 0.05) is 11.1 Å². The SMILES string of the molecule is NC1CCCCC1Cc1cc(F)ccc1Cl. The van der Waals surface area contributed by atoms with Crippen molar-refractivity contribution in [2.75, 3.05) is 0 Å². The Bertz CT molecular complexity index is 367. The van der Waals surface area contributed by atoms with Crippen LogP contribution in [0.25, 0.3) is 0 Å². The first kappa shape index (κ1) is 11.9. The van der Waals surface area contributed by atoms with Gasteiger partial charge in [-0.25, -0.2) is 4.39 Å². The van der Waals surface area contributed by atoms with Crippen molar-refractivity contribution in [3.63, 3.8) is 0 Å². The largest absolute Gasteiger partial charge is 0.327 e. The Morgan fingerprint density at radius 2 is 2.06 bits per heavy atom. The second-order valence-corrected chi connectivity index (χ2v) is 5.06. The van der Waals surface area contributed by atoms with E-state index in [1.54, 1.807) is 6.07 Å². The monoisotopic (exact) mass is 241 g/mol. The zero-order valence-corrected chi connectivity index (χ0v) is 10.0. The molecule has 0 aromatic heterocycles. The third-order valence-corrected chi connectivity index (χ3v) is 3.83. The normalized spacial score (nSPS) is 25.7. The molecule has 1 aliphatic rings. The lowest BCUT2D eigenvalue weighted by Crippen LogP contribution is -2.34. The van der Waals surface area contributed by atoms with Crippen LogP contribution in [0.2, 0.25) is 5.02 Å². The van der Waals surface area contributed by atoms with Crippen molar-refractivity contribution >= 4 is 11.6 Å². The lowest BCUT2D eigenvalue weighted by Gasteiger charge is -2.28. The highest BCUT2D eigenvalue weighted by Crippen LogP contribution is 2.29. The van der Waals surface area contributed by atoms with Crippen LogP contribution in [0.15, 0.2) is 18.2 Å². The minimum absolute atomic E-state index is 0.219. The molecule has 2 unspecified atom stereocenters. The van der Waals surface area contributed by atoms with Crippen molar-refractivity contribution in [2.24, 2.45) is 11.7 Å². The molecular formula is C13H17ClFN. The smallest absolute Gasteiger partial charge is 0.123 e. The Hall–Kier alpha value is -0.600. The van der Waals surface area contributed by atoms with Gasteiger partial charge in [0.25, 0.3) is 0 Å². The van der Waals surface area contributed by atoms with Crippen LogP contribution >= 0.6 is 11.6 Å². The number of nitrogens with two attached hydrogens (primary N) is 1. The summed E-state index contributed by atoms with van der Waals surface area (Å²) in [5, 5.41) is 0.652. The van der Waals surface area contributed by atoms with Gasteiger partial charge in [0.1, 0.15) is 5.82 Å². The van der Waals surface area contributed by atoms with Gasteiger partial charge in [-0.15, -0.1) is 0 Å². The molecule has 1 nitrogen and oxygen atoms in total. The molecule has 0 heterocycles. The Balaban J connectivity index is 2.10. The summed E-state index contributed by atoms with van der Waals surface area (Å²) >= 11 is 6.06. The van der Waals surface area contributed by atoms with Crippen molar-refractivity contribution in [3.8, 4) is 0 Å². The molecule has 0 aliphatic heterocycles. The predicted octanol–water partition coefficient (Wildman–Crippen LogP) is 3.54. The van der Waals surface area contributed by atoms with E-state index in [0.717, 1.165) is 24.8 Å². The summed E-state index contributed by atoms with van der Waals surface area (Å²) < 4.78 is 13.1. The summed E-state index contributed by atoms with van der Waals surface area (Å²) in [5.41, 5.74) is 6.97. The quantitative estimate of drug-likeness (QED) is 0.842. The maximum absolute atomic E-state index is 13.1. The topological polar surface area (TPSA) is 26.0 Å². The van der Waals surface area contributed by atoms with E-state index in [1.807, 2.05) is 0 Å². The van der Waals surface area contributed by atoms with Crippen molar-refractivity contribution < 1.29 is 4.39 Å². The van der Waals surface area contributed by atoms with Crippen molar-refractivity contribution in [3.05, 3.63) is 34.6 Å². The summed E-state index contributed by atoms with van der Waals surface area (Å²) in [4.78, 5) is 0. The molecule has 0 saturated heterocycles. The molecule has 16 heavy (non-hydrogen) atoms. The summed E-state index contributed by atoms with van der Waals surface area (Å²) in [6.45, 7) is 0. The van der Waals surface area contributed by atoms with E-state index in [1.165, 1.54) is 25.0 Å². The van der Waals surface area contributed by atoms with E-state index in [-0.39, 0.29) is 11.9 Å². The molecule has 2 N–H and O–H groups in total. The van der Waals surface area contributed by atoms with Gasteiger partial charge in [-0.3, -0.25) is 0 Å². The molecule has 0 amide bonds. The zero-order valence-electron chi connectivity index (χ0n) is 9.26. The molecule has 2 atom stereocenters. The summed E-state index contributed by atoms with van der Waals surface area (Å²) in [7, 11) is 0. The van der Waals surface area contributed by atoms with Crippen LogP contribution in [0.4, 0.5) is 4.39 Å². The number of benzene rings is 1. The van der Waals surface area contributed by atoms with Crippen LogP contribution in [0.1, 0.15) is 31.2 Å². The van der Waals surface area contributed by atoms with Gasteiger partial charge in [-0.1, -0.05) is 24.4 Å². The second kappa shape index (κ2) is 5.15.